The van der Waals surface area contributed by atoms with Crippen LogP contribution in [0.15, 0.2) is 0 Å². The largest absolute Gasteiger partial charge is 0.338 e. The maximum atomic E-state index is 11.9. The van der Waals surface area contributed by atoms with E-state index >= 15 is 0 Å². The van der Waals surface area contributed by atoms with E-state index in [1.165, 1.54) is 25.7 Å². The topological polar surface area (TPSA) is 32.3 Å². The molecule has 2 heterocycles. The second-order valence-corrected chi connectivity index (χ2v) is 5.10. The average molecular weight is 210 g/mol. The fourth-order valence-electron chi connectivity index (χ4n) is 3.10. The van der Waals surface area contributed by atoms with Crippen molar-refractivity contribution in [3.05, 3.63) is 0 Å². The summed E-state index contributed by atoms with van der Waals surface area (Å²) in [5, 5.41) is 3.00. The third-order valence-corrected chi connectivity index (χ3v) is 3.73. The van der Waals surface area contributed by atoms with Crippen LogP contribution in [0.1, 0.15) is 46.0 Å². The molecule has 0 radical (unpaired) electrons. The van der Waals surface area contributed by atoms with Gasteiger partial charge in [0.1, 0.15) is 0 Å². The minimum atomic E-state index is 0.177. The highest BCUT2D eigenvalue weighted by Crippen LogP contribution is 2.38. The monoisotopic (exact) mass is 210 g/mol. The molecule has 15 heavy (non-hydrogen) atoms. The highest BCUT2D eigenvalue weighted by molar-refractivity contribution is 5.75. The van der Waals surface area contributed by atoms with Gasteiger partial charge in [0.05, 0.1) is 0 Å². The van der Waals surface area contributed by atoms with Crippen molar-refractivity contribution in [2.24, 2.45) is 5.92 Å². The molecule has 2 aliphatic rings. The molecule has 0 aromatic rings. The van der Waals surface area contributed by atoms with E-state index in [4.69, 9.17) is 0 Å². The van der Waals surface area contributed by atoms with E-state index in [1.807, 2.05) is 0 Å². The second-order valence-electron chi connectivity index (χ2n) is 5.10. The molecule has 2 unspecified atom stereocenters. The Labute approximate surface area is 92.2 Å². The zero-order valence-corrected chi connectivity index (χ0v) is 9.83. The Balaban J connectivity index is 1.95. The molecule has 2 amide bonds. The summed E-state index contributed by atoms with van der Waals surface area (Å²) in [6, 6.07) is 1.22. The maximum absolute atomic E-state index is 11.9. The van der Waals surface area contributed by atoms with Crippen molar-refractivity contribution >= 4 is 6.03 Å². The van der Waals surface area contributed by atoms with Crippen LogP contribution < -0.4 is 5.32 Å². The van der Waals surface area contributed by atoms with Gasteiger partial charge in [-0.25, -0.2) is 4.79 Å². The predicted molar refractivity (Wildman–Crippen MR) is 60.7 cm³/mol. The maximum Gasteiger partial charge on any atom is 0.317 e. The van der Waals surface area contributed by atoms with E-state index in [-0.39, 0.29) is 6.03 Å². The van der Waals surface area contributed by atoms with Crippen molar-refractivity contribution in [1.82, 2.24) is 10.2 Å². The van der Waals surface area contributed by atoms with Gasteiger partial charge in [-0.15, -0.1) is 0 Å². The van der Waals surface area contributed by atoms with Crippen molar-refractivity contribution in [2.45, 2.75) is 58.0 Å². The second kappa shape index (κ2) is 4.42. The molecule has 3 heteroatoms. The number of nitrogens with zero attached hydrogens (tertiary/aromatic N) is 1. The number of fused-ring (bicyclic) bond motifs is 2. The number of piperidine rings is 1. The van der Waals surface area contributed by atoms with Gasteiger partial charge < -0.3 is 10.2 Å². The summed E-state index contributed by atoms with van der Waals surface area (Å²) in [7, 11) is 0. The van der Waals surface area contributed by atoms with Crippen molar-refractivity contribution in [3.63, 3.8) is 0 Å². The van der Waals surface area contributed by atoms with Crippen molar-refractivity contribution in [3.8, 4) is 0 Å². The molecular weight excluding hydrogens is 188 g/mol. The molecule has 2 saturated heterocycles. The number of amides is 2. The Kier molecular flexibility index (Phi) is 3.17. The summed E-state index contributed by atoms with van der Waals surface area (Å²) in [5.74, 6) is 0.803. The standard InChI is InChI=1S/C12H22N2O/c1-3-6-13-12(15)14-10-4-5-11(14)8-9(2)7-10/h9-11H,3-8H2,1-2H3,(H,13,15). The van der Waals surface area contributed by atoms with E-state index in [9.17, 15) is 4.79 Å². The first kappa shape index (κ1) is 10.8. The molecular formula is C12H22N2O. The summed E-state index contributed by atoms with van der Waals surface area (Å²) in [5.41, 5.74) is 0. The first-order valence-corrected chi connectivity index (χ1v) is 6.28. The Bertz CT molecular complexity index is 228. The third-order valence-electron chi connectivity index (χ3n) is 3.73. The van der Waals surface area contributed by atoms with E-state index in [0.717, 1.165) is 18.9 Å². The van der Waals surface area contributed by atoms with Gasteiger partial charge >= 0.3 is 6.03 Å². The van der Waals surface area contributed by atoms with Crippen LogP contribution in [0.3, 0.4) is 0 Å². The first-order valence-electron chi connectivity index (χ1n) is 6.28. The van der Waals surface area contributed by atoms with Crippen LogP contribution >= 0.6 is 0 Å². The Hall–Kier alpha value is -0.730. The minimum Gasteiger partial charge on any atom is -0.338 e. The van der Waals surface area contributed by atoms with Gasteiger partial charge in [0, 0.05) is 18.6 Å². The lowest BCUT2D eigenvalue weighted by Crippen LogP contribution is -2.50. The molecule has 0 spiro atoms. The number of carbonyl (C=O) groups excluding carboxylic acids is 1. The molecule has 86 valence electrons. The quantitative estimate of drug-likeness (QED) is 0.745. The number of nitrogens with one attached hydrogen (secondary N) is 1. The minimum absolute atomic E-state index is 0.177. The van der Waals surface area contributed by atoms with Crippen LogP contribution in [0.25, 0.3) is 0 Å². The van der Waals surface area contributed by atoms with E-state index in [0.29, 0.717) is 12.1 Å². The molecule has 2 bridgehead atoms. The summed E-state index contributed by atoms with van der Waals surface area (Å²) in [6.45, 7) is 5.21. The lowest BCUT2D eigenvalue weighted by Gasteiger charge is -2.37. The fraction of sp³-hybridized carbons (Fsp3) is 0.917. The smallest absolute Gasteiger partial charge is 0.317 e. The number of hydrogen-bond acceptors (Lipinski definition) is 1. The number of carbonyl (C=O) groups is 1. The van der Waals surface area contributed by atoms with E-state index in [2.05, 4.69) is 24.1 Å². The zero-order chi connectivity index (χ0) is 10.8. The summed E-state index contributed by atoms with van der Waals surface area (Å²) < 4.78 is 0. The zero-order valence-electron chi connectivity index (χ0n) is 9.83. The summed E-state index contributed by atoms with van der Waals surface area (Å²) in [6.07, 6.45) is 5.86. The van der Waals surface area contributed by atoms with E-state index < -0.39 is 0 Å². The van der Waals surface area contributed by atoms with Crippen LogP contribution in [0.4, 0.5) is 4.79 Å². The third kappa shape index (κ3) is 2.11. The van der Waals surface area contributed by atoms with Crippen LogP contribution in [0.5, 0.6) is 0 Å². The van der Waals surface area contributed by atoms with Gasteiger partial charge in [0.2, 0.25) is 0 Å². The lowest BCUT2D eigenvalue weighted by molar-refractivity contribution is 0.126. The molecule has 3 nitrogen and oxygen atoms in total. The van der Waals surface area contributed by atoms with Gasteiger partial charge in [-0.2, -0.15) is 0 Å². The lowest BCUT2D eigenvalue weighted by atomic mass is 9.93. The van der Waals surface area contributed by atoms with Crippen LogP contribution in [0, 0.1) is 5.92 Å². The van der Waals surface area contributed by atoms with Gasteiger partial charge in [-0.05, 0) is 38.0 Å². The van der Waals surface area contributed by atoms with Gasteiger partial charge in [-0.3, -0.25) is 0 Å². The van der Waals surface area contributed by atoms with Crippen molar-refractivity contribution in [2.75, 3.05) is 6.54 Å². The number of urea groups is 1. The Morgan fingerprint density at radius 3 is 2.47 bits per heavy atom. The molecule has 1 N–H and O–H groups in total. The molecule has 2 aliphatic heterocycles. The highest BCUT2D eigenvalue weighted by Gasteiger charge is 2.41. The highest BCUT2D eigenvalue weighted by atomic mass is 16.2. The first-order chi connectivity index (χ1) is 7.22. The van der Waals surface area contributed by atoms with Gasteiger partial charge in [0.15, 0.2) is 0 Å². The predicted octanol–water partition coefficient (Wildman–Crippen LogP) is 2.37. The Morgan fingerprint density at radius 1 is 1.33 bits per heavy atom. The molecule has 0 saturated carbocycles. The Morgan fingerprint density at radius 2 is 1.93 bits per heavy atom. The van der Waals surface area contributed by atoms with Gasteiger partial charge in [-0.1, -0.05) is 13.8 Å². The molecule has 0 aliphatic carbocycles. The van der Waals surface area contributed by atoms with Crippen LogP contribution in [0.2, 0.25) is 0 Å². The van der Waals surface area contributed by atoms with Crippen molar-refractivity contribution in [1.29, 1.82) is 0 Å². The molecule has 0 aromatic heterocycles. The van der Waals surface area contributed by atoms with Crippen molar-refractivity contribution < 1.29 is 4.79 Å². The van der Waals surface area contributed by atoms with Crippen LogP contribution in [-0.2, 0) is 0 Å². The number of hydrogen-bond donors (Lipinski definition) is 1. The molecule has 0 aromatic carbocycles. The fourth-order valence-corrected chi connectivity index (χ4v) is 3.10. The molecule has 2 fully saturated rings. The average Bonchev–Trinajstić information content (AvgIpc) is 2.48. The summed E-state index contributed by atoms with van der Waals surface area (Å²) >= 11 is 0. The van der Waals surface area contributed by atoms with E-state index in [1.54, 1.807) is 0 Å². The normalized spacial score (nSPS) is 34.3. The summed E-state index contributed by atoms with van der Waals surface area (Å²) in [4.78, 5) is 14.1. The molecule has 2 atom stereocenters. The number of rotatable bonds is 2. The van der Waals surface area contributed by atoms with Gasteiger partial charge in [0.25, 0.3) is 0 Å². The molecule has 2 rings (SSSR count). The SMILES string of the molecule is CCCNC(=O)N1C2CCC1CC(C)C2. The van der Waals surface area contributed by atoms with Crippen LogP contribution in [-0.4, -0.2) is 29.6 Å².